The van der Waals surface area contributed by atoms with Crippen molar-refractivity contribution in [3.8, 4) is 0 Å². The smallest absolute Gasteiger partial charge is 0.326 e. The number of aromatic nitrogens is 1. The molecule has 0 aromatic carbocycles. The van der Waals surface area contributed by atoms with Crippen molar-refractivity contribution in [1.29, 1.82) is 0 Å². The normalized spacial score (nSPS) is 20.6. The molecule has 3 N–H and O–H groups in total. The number of hydrogen-bond acceptors (Lipinski definition) is 5. The standard InChI is InChI=1S/C21H32N4O3/c1-2-13-22-19-16(20(26)23-15-8-4-3-5-9-15)11-12-18(24-19)25-14-7-6-10-17(25)21(27)28/h11-12,15,17H,2-10,13-14H2,1H3,(H,22,24)(H,23,26)(H,27,28). The number of nitrogens with one attached hydrogen (secondary N) is 2. The second kappa shape index (κ2) is 9.75. The summed E-state index contributed by atoms with van der Waals surface area (Å²) in [5.41, 5.74) is 0.534. The SMILES string of the molecule is CCCNc1nc(N2CCCCC2C(=O)O)ccc1C(=O)NC1CCCCC1. The molecule has 1 aliphatic heterocycles. The highest BCUT2D eigenvalue weighted by Crippen LogP contribution is 2.27. The van der Waals surface area contributed by atoms with Crippen LogP contribution >= 0.6 is 0 Å². The number of nitrogens with zero attached hydrogens (tertiary/aromatic N) is 2. The zero-order valence-electron chi connectivity index (χ0n) is 16.7. The van der Waals surface area contributed by atoms with Gasteiger partial charge in [-0.3, -0.25) is 4.79 Å². The zero-order chi connectivity index (χ0) is 19.9. The number of pyridine rings is 1. The Morgan fingerprint density at radius 3 is 2.61 bits per heavy atom. The van der Waals surface area contributed by atoms with Gasteiger partial charge in [0.2, 0.25) is 0 Å². The lowest BCUT2D eigenvalue weighted by Crippen LogP contribution is -2.45. The van der Waals surface area contributed by atoms with E-state index in [0.29, 0.717) is 36.7 Å². The van der Waals surface area contributed by atoms with E-state index in [1.165, 1.54) is 6.42 Å². The molecule has 1 aromatic heterocycles. The van der Waals surface area contributed by atoms with Crippen molar-refractivity contribution in [1.82, 2.24) is 10.3 Å². The van der Waals surface area contributed by atoms with E-state index in [9.17, 15) is 14.7 Å². The quantitative estimate of drug-likeness (QED) is 0.663. The highest BCUT2D eigenvalue weighted by atomic mass is 16.4. The summed E-state index contributed by atoms with van der Waals surface area (Å²) in [7, 11) is 0. The Hall–Kier alpha value is -2.31. The van der Waals surface area contributed by atoms with Gasteiger partial charge in [-0.05, 0) is 50.7 Å². The van der Waals surface area contributed by atoms with Crippen molar-refractivity contribution in [2.24, 2.45) is 0 Å². The lowest BCUT2D eigenvalue weighted by atomic mass is 9.95. The molecular weight excluding hydrogens is 356 g/mol. The summed E-state index contributed by atoms with van der Waals surface area (Å²) in [6, 6.07) is 3.25. The molecule has 1 saturated heterocycles. The summed E-state index contributed by atoms with van der Waals surface area (Å²) < 4.78 is 0. The van der Waals surface area contributed by atoms with Crippen LogP contribution in [0.15, 0.2) is 12.1 Å². The molecule has 0 spiro atoms. The Morgan fingerprint density at radius 2 is 1.89 bits per heavy atom. The number of piperidine rings is 1. The fourth-order valence-electron chi connectivity index (χ4n) is 4.14. The summed E-state index contributed by atoms with van der Waals surface area (Å²) in [6.07, 6.45) is 9.03. The topological polar surface area (TPSA) is 94.6 Å². The summed E-state index contributed by atoms with van der Waals surface area (Å²) in [4.78, 5) is 31.0. The van der Waals surface area contributed by atoms with Crippen molar-refractivity contribution >= 4 is 23.5 Å². The molecule has 1 aliphatic carbocycles. The first kappa shape index (κ1) is 20.4. The van der Waals surface area contributed by atoms with Crippen LogP contribution in [0.4, 0.5) is 11.6 Å². The zero-order valence-corrected chi connectivity index (χ0v) is 16.7. The van der Waals surface area contributed by atoms with Crippen molar-refractivity contribution in [3.05, 3.63) is 17.7 Å². The predicted octanol–water partition coefficient (Wildman–Crippen LogP) is 3.41. The maximum absolute atomic E-state index is 12.9. The van der Waals surface area contributed by atoms with Gasteiger partial charge < -0.3 is 20.6 Å². The molecular formula is C21H32N4O3. The molecule has 2 aliphatic rings. The monoisotopic (exact) mass is 388 g/mol. The van der Waals surface area contributed by atoms with E-state index in [-0.39, 0.29) is 11.9 Å². The Bertz CT molecular complexity index is 688. The van der Waals surface area contributed by atoms with Crippen LogP contribution in [-0.2, 0) is 4.79 Å². The van der Waals surface area contributed by atoms with E-state index in [1.54, 1.807) is 12.1 Å². The van der Waals surface area contributed by atoms with Crippen LogP contribution in [0.5, 0.6) is 0 Å². The van der Waals surface area contributed by atoms with Gasteiger partial charge in [0.05, 0.1) is 5.56 Å². The van der Waals surface area contributed by atoms with Gasteiger partial charge in [-0.1, -0.05) is 26.2 Å². The van der Waals surface area contributed by atoms with Gasteiger partial charge in [-0.25, -0.2) is 9.78 Å². The van der Waals surface area contributed by atoms with Crippen LogP contribution in [0.25, 0.3) is 0 Å². The number of carbonyl (C=O) groups is 2. The molecule has 0 bridgehead atoms. The molecule has 154 valence electrons. The minimum Gasteiger partial charge on any atom is -0.480 e. The number of anilines is 2. The molecule has 1 saturated carbocycles. The number of carbonyl (C=O) groups excluding carboxylic acids is 1. The molecule has 1 unspecified atom stereocenters. The van der Waals surface area contributed by atoms with Crippen molar-refractivity contribution in [3.63, 3.8) is 0 Å². The van der Waals surface area contributed by atoms with Crippen molar-refractivity contribution in [2.45, 2.75) is 76.8 Å². The molecule has 2 heterocycles. The predicted molar refractivity (Wildman–Crippen MR) is 110 cm³/mol. The summed E-state index contributed by atoms with van der Waals surface area (Å²) in [5, 5.41) is 16.0. The first-order valence-corrected chi connectivity index (χ1v) is 10.7. The average Bonchev–Trinajstić information content (AvgIpc) is 2.72. The lowest BCUT2D eigenvalue weighted by molar-refractivity contribution is -0.139. The number of hydrogen-bond donors (Lipinski definition) is 3. The highest BCUT2D eigenvalue weighted by Gasteiger charge is 2.30. The van der Waals surface area contributed by atoms with Gasteiger partial charge in [0.1, 0.15) is 17.7 Å². The van der Waals surface area contributed by atoms with Crippen LogP contribution in [0, 0.1) is 0 Å². The Balaban J connectivity index is 1.82. The van der Waals surface area contributed by atoms with Crippen LogP contribution in [0.1, 0.15) is 75.1 Å². The maximum Gasteiger partial charge on any atom is 0.326 e. The second-order valence-corrected chi connectivity index (χ2v) is 7.84. The third kappa shape index (κ3) is 4.94. The lowest BCUT2D eigenvalue weighted by Gasteiger charge is -2.34. The van der Waals surface area contributed by atoms with Gasteiger partial charge in [0.15, 0.2) is 0 Å². The van der Waals surface area contributed by atoms with Crippen LogP contribution in [0.3, 0.4) is 0 Å². The van der Waals surface area contributed by atoms with Crippen LogP contribution in [0.2, 0.25) is 0 Å². The number of rotatable bonds is 7. The Morgan fingerprint density at radius 1 is 1.14 bits per heavy atom. The summed E-state index contributed by atoms with van der Waals surface area (Å²) in [5.74, 6) is 0.254. The second-order valence-electron chi connectivity index (χ2n) is 7.84. The van der Waals surface area contributed by atoms with E-state index in [0.717, 1.165) is 44.9 Å². The first-order valence-electron chi connectivity index (χ1n) is 10.7. The molecule has 1 aromatic rings. The van der Waals surface area contributed by atoms with Gasteiger partial charge in [-0.15, -0.1) is 0 Å². The van der Waals surface area contributed by atoms with Crippen LogP contribution < -0.4 is 15.5 Å². The van der Waals surface area contributed by atoms with E-state index in [1.807, 2.05) is 4.90 Å². The molecule has 1 atom stereocenters. The summed E-state index contributed by atoms with van der Waals surface area (Å²) >= 11 is 0. The number of carboxylic acid groups (broad SMARTS) is 1. The van der Waals surface area contributed by atoms with Crippen molar-refractivity contribution in [2.75, 3.05) is 23.3 Å². The Kier molecular flexibility index (Phi) is 7.12. The Labute approximate surface area is 166 Å². The van der Waals surface area contributed by atoms with E-state index >= 15 is 0 Å². The minimum atomic E-state index is -0.816. The molecule has 7 heteroatoms. The molecule has 28 heavy (non-hydrogen) atoms. The number of amides is 1. The van der Waals surface area contributed by atoms with E-state index in [4.69, 9.17) is 0 Å². The molecule has 1 amide bonds. The van der Waals surface area contributed by atoms with Gasteiger partial charge >= 0.3 is 5.97 Å². The third-order valence-corrected chi connectivity index (χ3v) is 5.69. The third-order valence-electron chi connectivity index (χ3n) is 5.69. The maximum atomic E-state index is 12.9. The van der Waals surface area contributed by atoms with Crippen LogP contribution in [-0.4, -0.2) is 47.1 Å². The number of carboxylic acids is 1. The van der Waals surface area contributed by atoms with E-state index < -0.39 is 12.0 Å². The minimum absolute atomic E-state index is 0.0991. The van der Waals surface area contributed by atoms with Crippen molar-refractivity contribution < 1.29 is 14.7 Å². The van der Waals surface area contributed by atoms with E-state index in [2.05, 4.69) is 22.5 Å². The summed E-state index contributed by atoms with van der Waals surface area (Å²) in [6.45, 7) is 3.44. The van der Waals surface area contributed by atoms with Gasteiger partial charge in [0.25, 0.3) is 5.91 Å². The fourth-order valence-corrected chi connectivity index (χ4v) is 4.14. The molecule has 2 fully saturated rings. The van der Waals surface area contributed by atoms with Gasteiger partial charge in [0, 0.05) is 19.1 Å². The first-order chi connectivity index (χ1) is 13.6. The van der Waals surface area contributed by atoms with Gasteiger partial charge in [-0.2, -0.15) is 0 Å². The highest BCUT2D eigenvalue weighted by molar-refractivity contribution is 5.99. The largest absolute Gasteiger partial charge is 0.480 e. The molecule has 7 nitrogen and oxygen atoms in total. The fraction of sp³-hybridized carbons (Fsp3) is 0.667. The molecule has 0 radical (unpaired) electrons. The molecule has 3 rings (SSSR count). The number of aliphatic carboxylic acids is 1. The average molecular weight is 389 g/mol.